The Balaban J connectivity index is 2.08. The largest absolute Gasteiger partial charge is 0.465 e. The highest BCUT2D eigenvalue weighted by atomic mass is 35.5. The van der Waals surface area contributed by atoms with Crippen molar-refractivity contribution in [1.82, 2.24) is 0 Å². The Kier molecular flexibility index (Phi) is 5.69. The van der Waals surface area contributed by atoms with Gasteiger partial charge in [-0.1, -0.05) is 23.2 Å². The highest BCUT2D eigenvalue weighted by Crippen LogP contribution is 2.38. The molecule has 0 amide bonds. The number of anilines is 1. The number of hydrogen-bond donors (Lipinski definition) is 0. The molecule has 0 aromatic heterocycles. The average Bonchev–Trinajstić information content (AvgIpc) is 3.09. The smallest absolute Gasteiger partial charge is 0.326 e. The molecule has 144 valence electrons. The minimum atomic E-state index is -4.22. The molecule has 0 atom stereocenters. The molecule has 0 spiro atoms. The van der Waals surface area contributed by atoms with Crippen LogP contribution in [0.5, 0.6) is 11.5 Å². The van der Waals surface area contributed by atoms with Crippen LogP contribution in [0, 0.1) is 0 Å². The molecule has 10 heteroatoms. The second kappa shape index (κ2) is 7.84. The molecule has 2 aromatic rings. The van der Waals surface area contributed by atoms with Gasteiger partial charge in [0.25, 0.3) is 10.0 Å². The van der Waals surface area contributed by atoms with Crippen LogP contribution in [0.15, 0.2) is 41.3 Å². The Hall–Kier alpha value is -2.16. The minimum Gasteiger partial charge on any atom is -0.465 e. The van der Waals surface area contributed by atoms with Crippen LogP contribution in [0.2, 0.25) is 10.0 Å². The van der Waals surface area contributed by atoms with Gasteiger partial charge in [0.1, 0.15) is 11.4 Å². The summed E-state index contributed by atoms with van der Waals surface area (Å²) >= 11 is 12.0. The molecule has 27 heavy (non-hydrogen) atoms. The second-order valence-corrected chi connectivity index (χ2v) is 8.10. The van der Waals surface area contributed by atoms with Crippen molar-refractivity contribution < 1.29 is 27.4 Å². The number of fused-ring (bicyclic) bond motifs is 1. The topological polar surface area (TPSA) is 82.1 Å². The van der Waals surface area contributed by atoms with Crippen molar-refractivity contribution in [2.75, 3.05) is 24.2 Å². The summed E-state index contributed by atoms with van der Waals surface area (Å²) in [7, 11) is -4.22. The van der Waals surface area contributed by atoms with E-state index in [0.29, 0.717) is 11.5 Å². The van der Waals surface area contributed by atoms with Gasteiger partial charge >= 0.3 is 5.97 Å². The number of nitrogens with zero attached hydrogens (tertiary/aromatic N) is 1. The van der Waals surface area contributed by atoms with E-state index in [0.717, 1.165) is 4.31 Å². The maximum absolute atomic E-state index is 13.2. The molecule has 7 nitrogen and oxygen atoms in total. The maximum atomic E-state index is 13.2. The molecule has 0 fully saturated rings. The third-order valence-corrected chi connectivity index (χ3v) is 6.17. The number of halogens is 2. The van der Waals surface area contributed by atoms with Crippen molar-refractivity contribution >= 4 is 44.9 Å². The predicted octanol–water partition coefficient (Wildman–Crippen LogP) is 3.48. The van der Waals surface area contributed by atoms with Crippen LogP contribution in [0.1, 0.15) is 6.92 Å². The van der Waals surface area contributed by atoms with Crippen molar-refractivity contribution in [2.45, 2.75) is 11.8 Å². The molecule has 1 aliphatic heterocycles. The van der Waals surface area contributed by atoms with Crippen LogP contribution in [-0.2, 0) is 19.6 Å². The summed E-state index contributed by atoms with van der Waals surface area (Å²) < 4.78 is 42.8. The molecule has 0 saturated carbocycles. The van der Waals surface area contributed by atoms with Crippen molar-refractivity contribution in [1.29, 1.82) is 0 Å². The Labute approximate surface area is 166 Å². The lowest BCUT2D eigenvalue weighted by Gasteiger charge is -2.24. The van der Waals surface area contributed by atoms with Crippen LogP contribution < -0.4 is 13.8 Å². The first-order valence-corrected chi connectivity index (χ1v) is 10.1. The summed E-state index contributed by atoms with van der Waals surface area (Å²) in [5.74, 6) is 0.138. The number of esters is 1. The molecule has 0 bridgehead atoms. The van der Waals surface area contributed by atoms with Crippen LogP contribution in [0.4, 0.5) is 5.69 Å². The number of ether oxygens (including phenoxy) is 3. The SMILES string of the molecule is CCOC(=O)CN(c1ccc2c(c1)OCO2)S(=O)(=O)c1cc(Cl)ccc1Cl. The number of sulfonamides is 1. The fraction of sp³-hybridized carbons (Fsp3) is 0.235. The lowest BCUT2D eigenvalue weighted by molar-refractivity contribution is -0.141. The zero-order valence-electron chi connectivity index (χ0n) is 14.1. The molecule has 0 radical (unpaired) electrons. The predicted molar refractivity (Wildman–Crippen MR) is 100 cm³/mol. The number of rotatable bonds is 6. The summed E-state index contributed by atoms with van der Waals surface area (Å²) in [4.78, 5) is 11.8. The van der Waals surface area contributed by atoms with Gasteiger partial charge in [0.05, 0.1) is 17.3 Å². The van der Waals surface area contributed by atoms with Crippen LogP contribution in [0.25, 0.3) is 0 Å². The molecule has 0 saturated heterocycles. The van der Waals surface area contributed by atoms with Crippen LogP contribution >= 0.6 is 23.2 Å². The van der Waals surface area contributed by atoms with Gasteiger partial charge in [0.2, 0.25) is 6.79 Å². The lowest BCUT2D eigenvalue weighted by atomic mass is 10.3. The summed E-state index contributed by atoms with van der Waals surface area (Å²) in [6.07, 6.45) is 0. The van der Waals surface area contributed by atoms with E-state index < -0.39 is 22.5 Å². The molecule has 3 rings (SSSR count). The van der Waals surface area contributed by atoms with E-state index in [1.807, 2.05) is 0 Å². The van der Waals surface area contributed by atoms with Gasteiger partial charge in [-0.2, -0.15) is 0 Å². The fourth-order valence-electron chi connectivity index (χ4n) is 2.47. The summed E-state index contributed by atoms with van der Waals surface area (Å²) in [5, 5.41) is 0.175. The number of carbonyl (C=O) groups excluding carboxylic acids is 1. The van der Waals surface area contributed by atoms with Gasteiger partial charge in [0, 0.05) is 11.1 Å². The normalized spacial score (nSPS) is 12.7. The van der Waals surface area contributed by atoms with Gasteiger partial charge in [-0.25, -0.2) is 8.42 Å². The van der Waals surface area contributed by atoms with Gasteiger partial charge in [-0.05, 0) is 37.3 Å². The fourth-order valence-corrected chi connectivity index (χ4v) is 4.61. The first-order valence-electron chi connectivity index (χ1n) is 7.86. The van der Waals surface area contributed by atoms with E-state index in [4.69, 9.17) is 37.4 Å². The second-order valence-electron chi connectivity index (χ2n) is 5.43. The molecular formula is C17H15Cl2NO6S. The number of hydrogen-bond acceptors (Lipinski definition) is 6. The first-order chi connectivity index (χ1) is 12.8. The molecule has 0 aliphatic carbocycles. The molecule has 2 aromatic carbocycles. The van der Waals surface area contributed by atoms with Gasteiger partial charge in [-0.15, -0.1) is 0 Å². The van der Waals surface area contributed by atoms with Crippen molar-refractivity contribution in [3.8, 4) is 11.5 Å². The van der Waals surface area contributed by atoms with Crippen molar-refractivity contribution in [3.63, 3.8) is 0 Å². The van der Waals surface area contributed by atoms with E-state index in [2.05, 4.69) is 0 Å². The molecule has 1 aliphatic rings. The molecule has 1 heterocycles. The Morgan fingerprint density at radius 3 is 2.63 bits per heavy atom. The van der Waals surface area contributed by atoms with Gasteiger partial charge < -0.3 is 14.2 Å². The summed E-state index contributed by atoms with van der Waals surface area (Å²) in [6.45, 7) is 1.24. The average molecular weight is 432 g/mol. The molecular weight excluding hydrogens is 417 g/mol. The third-order valence-electron chi connectivity index (χ3n) is 3.68. The standard InChI is InChI=1S/C17H15Cl2NO6S/c1-2-24-17(21)9-20(12-4-6-14-15(8-12)26-10-25-14)27(22,23)16-7-11(18)3-5-13(16)19/h3-8H,2,9-10H2,1H3. The molecule has 0 unspecified atom stereocenters. The van der Waals surface area contributed by atoms with Crippen molar-refractivity contribution in [3.05, 3.63) is 46.4 Å². The van der Waals surface area contributed by atoms with E-state index in [1.165, 1.54) is 30.3 Å². The summed E-state index contributed by atoms with van der Waals surface area (Å²) in [5.41, 5.74) is 0.198. The van der Waals surface area contributed by atoms with Gasteiger partial charge in [0.15, 0.2) is 11.5 Å². The quantitative estimate of drug-likeness (QED) is 0.651. The van der Waals surface area contributed by atoms with E-state index in [9.17, 15) is 13.2 Å². The third kappa shape index (κ3) is 4.07. The maximum Gasteiger partial charge on any atom is 0.326 e. The highest BCUT2D eigenvalue weighted by Gasteiger charge is 2.31. The Morgan fingerprint density at radius 1 is 1.15 bits per heavy atom. The van der Waals surface area contributed by atoms with Crippen LogP contribution in [0.3, 0.4) is 0 Å². The Bertz CT molecular complexity index is 979. The summed E-state index contributed by atoms with van der Waals surface area (Å²) in [6, 6.07) is 8.60. The Morgan fingerprint density at radius 2 is 1.89 bits per heavy atom. The van der Waals surface area contributed by atoms with Crippen LogP contribution in [-0.4, -0.2) is 34.3 Å². The number of benzene rings is 2. The van der Waals surface area contributed by atoms with Gasteiger partial charge in [-0.3, -0.25) is 9.10 Å². The monoisotopic (exact) mass is 431 g/mol. The van der Waals surface area contributed by atoms with E-state index >= 15 is 0 Å². The highest BCUT2D eigenvalue weighted by molar-refractivity contribution is 7.93. The minimum absolute atomic E-state index is 0.0194. The van der Waals surface area contributed by atoms with E-state index in [-0.39, 0.29) is 34.0 Å². The zero-order chi connectivity index (χ0) is 19.6. The van der Waals surface area contributed by atoms with E-state index in [1.54, 1.807) is 13.0 Å². The van der Waals surface area contributed by atoms with Crippen molar-refractivity contribution in [2.24, 2.45) is 0 Å². The molecule has 0 N–H and O–H groups in total. The first kappa shape index (κ1) is 19.6. The zero-order valence-corrected chi connectivity index (χ0v) is 16.5. The number of carbonyl (C=O) groups is 1. The lowest BCUT2D eigenvalue weighted by Crippen LogP contribution is -2.36.